The Kier molecular flexibility index (Phi) is 8.49. The van der Waals surface area contributed by atoms with Gasteiger partial charge in [-0.15, -0.1) is 0 Å². The molecule has 5 nitrogen and oxygen atoms in total. The third kappa shape index (κ3) is 6.08. The highest BCUT2D eigenvalue weighted by Gasteiger charge is 2.42. The van der Waals surface area contributed by atoms with E-state index < -0.39 is 0 Å². The van der Waals surface area contributed by atoms with E-state index in [9.17, 15) is 0 Å². The van der Waals surface area contributed by atoms with Gasteiger partial charge >= 0.3 is 0 Å². The van der Waals surface area contributed by atoms with Gasteiger partial charge in [-0.2, -0.15) is 9.97 Å². The van der Waals surface area contributed by atoms with Crippen LogP contribution >= 0.6 is 0 Å². The van der Waals surface area contributed by atoms with E-state index in [0.717, 1.165) is 52.3 Å². The quantitative estimate of drug-likeness (QED) is 0.168. The zero-order valence-corrected chi connectivity index (χ0v) is 36.3. The molecule has 0 saturated heterocycles. The average Bonchev–Trinajstić information content (AvgIpc) is 3.89. The van der Waals surface area contributed by atoms with E-state index in [0.29, 0.717) is 23.5 Å². The lowest BCUT2D eigenvalue weighted by Gasteiger charge is -2.26. The van der Waals surface area contributed by atoms with E-state index >= 15 is 0 Å². The van der Waals surface area contributed by atoms with Crippen molar-refractivity contribution in [1.29, 1.82) is 0 Å². The topological polar surface area (TPSA) is 48.5 Å². The molecule has 12 rings (SSSR count). The smallest absolute Gasteiger partial charge is 0.238 e. The number of hydrogen-bond donors (Lipinski definition) is 0. The summed E-state index contributed by atoms with van der Waals surface area (Å²) in [6, 6.07) is 50.0. The standard InChI is InChI=1S/C58H49N5/c1-57(2)36-58(3,4)49-33-40(29-32-48(49)57)43-22-12-11-21-42(43)37-27-30-41(31-28-37)62-50-25-15-13-23-44(50)46-34-47-45-24-14-16-26-51(45)63(53(47)35-52(46)62)56-60-54(38-17-7-5-8-18-38)59-55(61-56)39-19-9-6-10-20-39/h5-11,13-21,23-27,29-35,37H,12,22,28,36H2,1-4H3. The van der Waals surface area contributed by atoms with E-state index in [-0.39, 0.29) is 10.8 Å². The first-order valence-corrected chi connectivity index (χ1v) is 22.5. The molecule has 3 heterocycles. The maximum atomic E-state index is 5.22. The maximum absolute atomic E-state index is 5.22. The lowest BCUT2D eigenvalue weighted by atomic mass is 9.80. The first-order valence-electron chi connectivity index (χ1n) is 22.5. The van der Waals surface area contributed by atoms with Gasteiger partial charge in [0.25, 0.3) is 0 Å². The number of nitrogens with zero attached hydrogens (tertiary/aromatic N) is 5. The van der Waals surface area contributed by atoms with Crippen molar-refractivity contribution < 1.29 is 0 Å². The fraction of sp³-hybridized carbons (Fsp3) is 0.190. The number of benzene rings is 6. The first kappa shape index (κ1) is 37.6. The molecule has 0 N–H and O–H groups in total. The van der Waals surface area contributed by atoms with Crippen LogP contribution in [0.1, 0.15) is 70.1 Å². The van der Waals surface area contributed by atoms with Crippen LogP contribution in [-0.4, -0.2) is 24.1 Å². The van der Waals surface area contributed by atoms with Gasteiger partial charge in [0.2, 0.25) is 5.95 Å². The van der Waals surface area contributed by atoms with Crippen molar-refractivity contribution in [2.45, 2.75) is 64.2 Å². The van der Waals surface area contributed by atoms with Crippen LogP contribution < -0.4 is 0 Å². The largest absolute Gasteiger partial charge is 0.310 e. The molecule has 0 amide bonds. The van der Waals surface area contributed by atoms with Gasteiger partial charge in [-0.05, 0) is 94.7 Å². The van der Waals surface area contributed by atoms with Crippen molar-refractivity contribution in [3.8, 4) is 28.7 Å². The SMILES string of the molecule is CC1(C)CC(C)(C)c2cc(C3=C(C4C=CC(n5c6ccccc6c6cc7c8ccccc8n(-c8nc(-c9ccccc9)nc(-c9ccccc9)n8)c7cc65)=CC4)C=CCC3)ccc21. The number of allylic oxidation sites excluding steroid dienone is 8. The predicted molar refractivity (Wildman–Crippen MR) is 262 cm³/mol. The molecule has 3 aliphatic rings. The van der Waals surface area contributed by atoms with Gasteiger partial charge in [-0.3, -0.25) is 4.57 Å². The van der Waals surface area contributed by atoms with Crippen LogP contribution in [0.15, 0.2) is 175 Å². The van der Waals surface area contributed by atoms with Crippen molar-refractivity contribution in [3.63, 3.8) is 0 Å². The third-order valence-electron chi connectivity index (χ3n) is 14.0. The highest BCUT2D eigenvalue weighted by molar-refractivity contribution is 6.19. The van der Waals surface area contributed by atoms with Crippen LogP contribution in [0.4, 0.5) is 0 Å². The van der Waals surface area contributed by atoms with Gasteiger partial charge < -0.3 is 4.57 Å². The summed E-state index contributed by atoms with van der Waals surface area (Å²) in [5, 5.41) is 4.79. The molecule has 0 aliphatic heterocycles. The van der Waals surface area contributed by atoms with E-state index in [4.69, 9.17) is 15.0 Å². The molecule has 1 unspecified atom stereocenters. The summed E-state index contributed by atoms with van der Waals surface area (Å²) >= 11 is 0. The van der Waals surface area contributed by atoms with Gasteiger partial charge in [0.15, 0.2) is 11.6 Å². The molecule has 3 aliphatic carbocycles. The molecule has 0 fully saturated rings. The monoisotopic (exact) mass is 815 g/mol. The second kappa shape index (κ2) is 14.2. The van der Waals surface area contributed by atoms with Crippen molar-refractivity contribution in [1.82, 2.24) is 24.1 Å². The molecule has 306 valence electrons. The zero-order valence-electron chi connectivity index (χ0n) is 36.3. The predicted octanol–water partition coefficient (Wildman–Crippen LogP) is 14.6. The fourth-order valence-corrected chi connectivity index (χ4v) is 11.3. The molecule has 6 aromatic carbocycles. The van der Waals surface area contributed by atoms with Gasteiger partial charge in [0.05, 0.1) is 22.1 Å². The normalized spacial score (nSPS) is 17.9. The van der Waals surface area contributed by atoms with Gasteiger partial charge in [-0.1, -0.05) is 167 Å². The Morgan fingerprint density at radius 1 is 0.524 bits per heavy atom. The summed E-state index contributed by atoms with van der Waals surface area (Å²) < 4.78 is 4.70. The number of hydrogen-bond acceptors (Lipinski definition) is 3. The van der Waals surface area contributed by atoms with Crippen LogP contribution in [0.25, 0.3) is 83.6 Å². The van der Waals surface area contributed by atoms with E-state index in [1.54, 1.807) is 0 Å². The van der Waals surface area contributed by atoms with Crippen molar-refractivity contribution >= 4 is 54.9 Å². The molecular weight excluding hydrogens is 767 g/mol. The highest BCUT2D eigenvalue weighted by atomic mass is 15.2. The number of rotatable bonds is 6. The summed E-state index contributed by atoms with van der Waals surface area (Å²) in [5.41, 5.74) is 15.3. The maximum Gasteiger partial charge on any atom is 0.238 e. The van der Waals surface area contributed by atoms with Gasteiger partial charge in [-0.25, -0.2) is 4.98 Å². The molecule has 9 aromatic rings. The van der Waals surface area contributed by atoms with Crippen LogP contribution in [0, 0.1) is 5.92 Å². The minimum Gasteiger partial charge on any atom is -0.310 e. The third-order valence-corrected chi connectivity index (χ3v) is 14.0. The van der Waals surface area contributed by atoms with E-state index in [1.807, 2.05) is 36.4 Å². The molecule has 0 bridgehead atoms. The van der Waals surface area contributed by atoms with Crippen LogP contribution in [0.3, 0.4) is 0 Å². The lowest BCUT2D eigenvalue weighted by molar-refractivity contribution is 0.403. The molecule has 0 radical (unpaired) electrons. The number of para-hydroxylation sites is 2. The Balaban J connectivity index is 1.01. The van der Waals surface area contributed by atoms with Crippen LogP contribution in [-0.2, 0) is 10.8 Å². The Hall–Kier alpha value is -7.11. The molecule has 1 atom stereocenters. The zero-order chi connectivity index (χ0) is 42.5. The minimum absolute atomic E-state index is 0.173. The van der Waals surface area contributed by atoms with Crippen molar-refractivity contribution in [3.05, 3.63) is 192 Å². The summed E-state index contributed by atoms with van der Waals surface area (Å²) in [6.45, 7) is 9.66. The average molecular weight is 816 g/mol. The van der Waals surface area contributed by atoms with Crippen molar-refractivity contribution in [2.24, 2.45) is 5.92 Å². The van der Waals surface area contributed by atoms with Crippen LogP contribution in [0.2, 0.25) is 0 Å². The molecule has 0 spiro atoms. The second-order valence-electron chi connectivity index (χ2n) is 19.0. The van der Waals surface area contributed by atoms with Crippen molar-refractivity contribution in [2.75, 3.05) is 0 Å². The van der Waals surface area contributed by atoms with E-state index in [1.165, 1.54) is 61.6 Å². The fourth-order valence-electron chi connectivity index (χ4n) is 11.3. The Morgan fingerprint density at radius 2 is 1.13 bits per heavy atom. The molecule has 5 heteroatoms. The first-order chi connectivity index (χ1) is 30.7. The molecule has 3 aromatic heterocycles. The molecule has 63 heavy (non-hydrogen) atoms. The summed E-state index contributed by atoms with van der Waals surface area (Å²) in [5.74, 6) is 2.18. The van der Waals surface area contributed by atoms with Crippen LogP contribution in [0.5, 0.6) is 0 Å². The second-order valence-corrected chi connectivity index (χ2v) is 19.0. The van der Waals surface area contributed by atoms with Gasteiger partial charge in [0, 0.05) is 44.3 Å². The Bertz CT molecular complexity index is 3390. The number of aromatic nitrogens is 5. The summed E-state index contributed by atoms with van der Waals surface area (Å²) in [4.78, 5) is 15.5. The van der Waals surface area contributed by atoms with Gasteiger partial charge in [0.1, 0.15) is 0 Å². The Morgan fingerprint density at radius 3 is 1.78 bits per heavy atom. The molecule has 0 saturated carbocycles. The highest BCUT2D eigenvalue weighted by Crippen LogP contribution is 2.51. The Labute approximate surface area is 368 Å². The van der Waals surface area contributed by atoms with E-state index in [2.05, 4.69) is 170 Å². The summed E-state index contributed by atoms with van der Waals surface area (Å²) in [6.07, 6.45) is 16.4. The lowest BCUT2D eigenvalue weighted by Crippen LogP contribution is -2.18. The summed E-state index contributed by atoms with van der Waals surface area (Å²) in [7, 11) is 0. The number of fused-ring (bicyclic) bond motifs is 7. The minimum atomic E-state index is 0.173. The molecular formula is C58H49N5.